The van der Waals surface area contributed by atoms with Crippen molar-refractivity contribution < 1.29 is 4.79 Å². The highest BCUT2D eigenvalue weighted by Gasteiger charge is 2.38. The molecule has 0 aromatic heterocycles. The molecule has 0 aliphatic carbocycles. The topological polar surface area (TPSA) is 44.4 Å². The quantitative estimate of drug-likeness (QED) is 0.870. The lowest BCUT2D eigenvalue weighted by Gasteiger charge is -2.44. The SMILES string of the molecule is CNC(C)c1ccccc1N1CCNC(=O)C1(C)C. The second kappa shape index (κ2) is 5.21. The fraction of sp³-hybridized carbons (Fsp3) is 0.533. The van der Waals surface area contributed by atoms with Crippen molar-refractivity contribution in [3.63, 3.8) is 0 Å². The second-order valence-electron chi connectivity index (χ2n) is 5.54. The minimum Gasteiger partial charge on any atom is -0.355 e. The van der Waals surface area contributed by atoms with Crippen molar-refractivity contribution >= 4 is 11.6 Å². The highest BCUT2D eigenvalue weighted by molar-refractivity contribution is 5.90. The van der Waals surface area contributed by atoms with Crippen LogP contribution in [0.3, 0.4) is 0 Å². The van der Waals surface area contributed by atoms with Crippen molar-refractivity contribution in [1.82, 2.24) is 10.6 Å². The minimum absolute atomic E-state index is 0.0886. The Labute approximate surface area is 115 Å². The van der Waals surface area contributed by atoms with E-state index in [4.69, 9.17) is 0 Å². The molecule has 1 aliphatic rings. The molecule has 104 valence electrons. The van der Waals surface area contributed by atoms with Gasteiger partial charge in [-0.25, -0.2) is 0 Å². The van der Waals surface area contributed by atoms with Gasteiger partial charge >= 0.3 is 0 Å². The number of hydrogen-bond acceptors (Lipinski definition) is 3. The maximum Gasteiger partial charge on any atom is 0.245 e. The van der Waals surface area contributed by atoms with E-state index in [1.807, 2.05) is 33.0 Å². The number of piperazine rings is 1. The fourth-order valence-electron chi connectivity index (χ4n) is 2.58. The Kier molecular flexibility index (Phi) is 3.80. The number of nitrogens with one attached hydrogen (secondary N) is 2. The molecule has 1 unspecified atom stereocenters. The third-order valence-electron chi connectivity index (χ3n) is 3.98. The standard InChI is InChI=1S/C15H23N3O/c1-11(16-4)12-7-5-6-8-13(12)18-10-9-17-14(19)15(18,2)3/h5-8,11,16H,9-10H2,1-4H3,(H,17,19). The summed E-state index contributed by atoms with van der Waals surface area (Å²) in [5.74, 6) is 0.0886. The number of carbonyl (C=O) groups excluding carboxylic acids is 1. The summed E-state index contributed by atoms with van der Waals surface area (Å²) in [5.41, 5.74) is 1.86. The van der Waals surface area contributed by atoms with Gasteiger partial charge in [-0.2, -0.15) is 0 Å². The molecule has 1 saturated heterocycles. The smallest absolute Gasteiger partial charge is 0.245 e. The predicted octanol–water partition coefficient (Wildman–Crippen LogP) is 1.68. The van der Waals surface area contributed by atoms with Gasteiger partial charge in [-0.3, -0.25) is 4.79 Å². The largest absolute Gasteiger partial charge is 0.355 e. The molecular formula is C15H23N3O. The molecule has 2 N–H and O–H groups in total. The van der Waals surface area contributed by atoms with Crippen molar-refractivity contribution in [2.75, 3.05) is 25.0 Å². The minimum atomic E-state index is -0.512. The molecule has 0 saturated carbocycles. The molecule has 19 heavy (non-hydrogen) atoms. The van der Waals surface area contributed by atoms with Crippen LogP contribution in [0.2, 0.25) is 0 Å². The van der Waals surface area contributed by atoms with E-state index < -0.39 is 5.54 Å². The lowest BCUT2D eigenvalue weighted by molar-refractivity contribution is -0.126. The zero-order chi connectivity index (χ0) is 14.0. The van der Waals surface area contributed by atoms with Crippen LogP contribution in [-0.2, 0) is 4.79 Å². The third kappa shape index (κ3) is 2.45. The number of para-hydroxylation sites is 1. The number of carbonyl (C=O) groups is 1. The molecule has 1 atom stereocenters. The Bertz CT molecular complexity index is 470. The molecule has 2 rings (SSSR count). The third-order valence-corrected chi connectivity index (χ3v) is 3.98. The van der Waals surface area contributed by atoms with E-state index in [0.29, 0.717) is 6.54 Å². The van der Waals surface area contributed by atoms with Crippen molar-refractivity contribution in [2.45, 2.75) is 32.4 Å². The maximum absolute atomic E-state index is 12.1. The number of amides is 1. The van der Waals surface area contributed by atoms with Gasteiger partial charge in [0.15, 0.2) is 0 Å². The summed E-state index contributed by atoms with van der Waals surface area (Å²) in [6.45, 7) is 7.62. The summed E-state index contributed by atoms with van der Waals surface area (Å²) in [4.78, 5) is 14.3. The van der Waals surface area contributed by atoms with Crippen LogP contribution in [0.5, 0.6) is 0 Å². The summed E-state index contributed by atoms with van der Waals surface area (Å²) in [5, 5.41) is 6.21. The van der Waals surface area contributed by atoms with E-state index in [-0.39, 0.29) is 11.9 Å². The first-order valence-electron chi connectivity index (χ1n) is 6.80. The fourth-order valence-corrected chi connectivity index (χ4v) is 2.58. The van der Waals surface area contributed by atoms with Crippen molar-refractivity contribution in [3.8, 4) is 0 Å². The lowest BCUT2D eigenvalue weighted by Crippen LogP contribution is -2.62. The molecule has 1 aromatic rings. The van der Waals surface area contributed by atoms with Crippen LogP contribution in [0.4, 0.5) is 5.69 Å². The van der Waals surface area contributed by atoms with Gasteiger partial charge in [0.1, 0.15) is 5.54 Å². The van der Waals surface area contributed by atoms with E-state index >= 15 is 0 Å². The van der Waals surface area contributed by atoms with Crippen LogP contribution in [0.15, 0.2) is 24.3 Å². The van der Waals surface area contributed by atoms with E-state index in [1.165, 1.54) is 5.56 Å². The van der Waals surface area contributed by atoms with E-state index in [1.54, 1.807) is 0 Å². The Morgan fingerprint density at radius 3 is 2.74 bits per heavy atom. The molecule has 1 amide bonds. The van der Waals surface area contributed by atoms with E-state index in [9.17, 15) is 4.79 Å². The first kappa shape index (κ1) is 13.9. The van der Waals surface area contributed by atoms with Gasteiger partial charge in [0.05, 0.1) is 0 Å². The maximum atomic E-state index is 12.1. The van der Waals surface area contributed by atoms with Gasteiger partial charge in [-0.1, -0.05) is 18.2 Å². The molecule has 1 aliphatic heterocycles. The summed E-state index contributed by atoms with van der Waals surface area (Å²) in [6, 6.07) is 8.56. The lowest BCUT2D eigenvalue weighted by atomic mass is 9.95. The summed E-state index contributed by atoms with van der Waals surface area (Å²) < 4.78 is 0. The normalized spacial score (nSPS) is 20.0. The van der Waals surface area contributed by atoms with Crippen molar-refractivity contribution in [3.05, 3.63) is 29.8 Å². The summed E-state index contributed by atoms with van der Waals surface area (Å²) in [6.07, 6.45) is 0. The van der Waals surface area contributed by atoms with Gasteiger partial charge < -0.3 is 15.5 Å². The first-order chi connectivity index (χ1) is 8.98. The van der Waals surface area contributed by atoms with E-state index in [2.05, 4.69) is 34.6 Å². The molecule has 4 heteroatoms. The highest BCUT2D eigenvalue weighted by atomic mass is 16.2. The average Bonchev–Trinajstić information content (AvgIpc) is 2.41. The monoisotopic (exact) mass is 261 g/mol. The van der Waals surface area contributed by atoms with Gasteiger partial charge in [0, 0.05) is 24.8 Å². The average molecular weight is 261 g/mol. The van der Waals surface area contributed by atoms with Crippen LogP contribution in [0, 0.1) is 0 Å². The van der Waals surface area contributed by atoms with Crippen molar-refractivity contribution in [1.29, 1.82) is 0 Å². The summed E-state index contributed by atoms with van der Waals surface area (Å²) in [7, 11) is 1.95. The Morgan fingerprint density at radius 2 is 2.05 bits per heavy atom. The van der Waals surface area contributed by atoms with Crippen LogP contribution < -0.4 is 15.5 Å². The van der Waals surface area contributed by atoms with Crippen molar-refractivity contribution in [2.24, 2.45) is 0 Å². The van der Waals surface area contributed by atoms with Gasteiger partial charge in [0.2, 0.25) is 5.91 Å². The first-order valence-corrected chi connectivity index (χ1v) is 6.80. The Hall–Kier alpha value is -1.55. The number of nitrogens with zero attached hydrogens (tertiary/aromatic N) is 1. The molecular weight excluding hydrogens is 238 g/mol. The number of rotatable bonds is 3. The molecule has 0 spiro atoms. The predicted molar refractivity (Wildman–Crippen MR) is 78.4 cm³/mol. The van der Waals surface area contributed by atoms with Crippen LogP contribution >= 0.6 is 0 Å². The zero-order valence-corrected chi connectivity index (χ0v) is 12.2. The zero-order valence-electron chi connectivity index (χ0n) is 12.2. The second-order valence-corrected chi connectivity index (χ2v) is 5.54. The molecule has 4 nitrogen and oxygen atoms in total. The molecule has 1 aromatic carbocycles. The van der Waals surface area contributed by atoms with Gasteiger partial charge in [0.25, 0.3) is 0 Å². The molecule has 0 bridgehead atoms. The van der Waals surface area contributed by atoms with Gasteiger partial charge in [-0.15, -0.1) is 0 Å². The highest BCUT2D eigenvalue weighted by Crippen LogP contribution is 2.32. The number of benzene rings is 1. The van der Waals surface area contributed by atoms with Crippen LogP contribution in [0.1, 0.15) is 32.4 Å². The molecule has 1 fully saturated rings. The van der Waals surface area contributed by atoms with Crippen LogP contribution in [0.25, 0.3) is 0 Å². The van der Waals surface area contributed by atoms with E-state index in [0.717, 1.165) is 12.2 Å². The Balaban J connectivity index is 2.43. The Morgan fingerprint density at radius 1 is 1.37 bits per heavy atom. The summed E-state index contributed by atoms with van der Waals surface area (Å²) >= 11 is 0. The molecule has 1 heterocycles. The van der Waals surface area contributed by atoms with Gasteiger partial charge in [-0.05, 0) is 39.4 Å². The van der Waals surface area contributed by atoms with Crippen LogP contribution in [-0.4, -0.2) is 31.6 Å². The molecule has 0 radical (unpaired) electrons. The number of hydrogen-bond donors (Lipinski definition) is 2. The number of anilines is 1.